The number of fused-ring (bicyclic) bond motifs is 3. The van der Waals surface area contributed by atoms with Gasteiger partial charge in [0.2, 0.25) is 0 Å². The van der Waals surface area contributed by atoms with E-state index in [1.165, 1.54) is 57.6 Å². The molecule has 0 aliphatic carbocycles. The molecule has 7 nitrogen and oxygen atoms in total. The van der Waals surface area contributed by atoms with Crippen molar-refractivity contribution in [1.29, 1.82) is 0 Å². The maximum Gasteiger partial charge on any atom is 0.298 e. The molecule has 10 heteroatoms. The Balaban J connectivity index is 0.000000283. The van der Waals surface area contributed by atoms with Gasteiger partial charge in [0.05, 0.1) is 11.5 Å². The normalized spacial score (nSPS) is 14.2. The summed E-state index contributed by atoms with van der Waals surface area (Å²) in [6.07, 6.45) is 3.23. The molecule has 0 radical (unpaired) electrons. The van der Waals surface area contributed by atoms with E-state index in [0.717, 1.165) is 42.9 Å². The Morgan fingerprint density at radius 1 is 1.18 bits per heavy atom. The molecule has 1 aromatic heterocycles. The maximum atomic E-state index is 12.2. The van der Waals surface area contributed by atoms with Gasteiger partial charge in [-0.2, -0.15) is 0 Å². The number of hydrogen-bond acceptors (Lipinski definition) is 6. The van der Waals surface area contributed by atoms with Gasteiger partial charge >= 0.3 is 0 Å². The molecule has 5 rings (SSSR count). The number of carbonyl (C=O) groups excluding carboxylic acids is 1. The first-order valence-corrected chi connectivity index (χ1v) is 13.8. The molecule has 0 spiro atoms. The first kappa shape index (κ1) is 31.2. The van der Waals surface area contributed by atoms with Gasteiger partial charge in [-0.1, -0.05) is 48.1 Å². The highest BCUT2D eigenvalue weighted by molar-refractivity contribution is 7.78. The molecule has 0 bridgehead atoms. The molecular weight excluding hydrogens is 549 g/mol. The lowest BCUT2D eigenvalue weighted by Gasteiger charge is -2.33. The van der Waals surface area contributed by atoms with Crippen LogP contribution in [0.15, 0.2) is 66.7 Å². The number of nitrogens with one attached hydrogen (secondary N) is 2. The number of aromatic amines is 1. The fourth-order valence-corrected chi connectivity index (χ4v) is 4.93. The van der Waals surface area contributed by atoms with Crippen molar-refractivity contribution < 1.29 is 13.9 Å². The first-order valence-electron chi connectivity index (χ1n) is 12.9. The van der Waals surface area contributed by atoms with Crippen LogP contribution in [0.3, 0.4) is 0 Å². The van der Waals surface area contributed by atoms with Crippen LogP contribution in [0, 0.1) is 5.82 Å². The van der Waals surface area contributed by atoms with E-state index >= 15 is 0 Å². The smallest absolute Gasteiger partial charge is 0.298 e. The minimum atomic E-state index is -0.349. The number of thiocarbonyl (C=S) groups is 1. The van der Waals surface area contributed by atoms with E-state index in [1.807, 2.05) is 6.07 Å². The SMILES string of the molecule is CN1CCc2c([nH]c3ccc(Cl)cc23)C1c1ccc(CCCNCN)cc1.NC=S.O=COc1ccc(F)cc1. The van der Waals surface area contributed by atoms with Crippen molar-refractivity contribution in [3.8, 4) is 5.75 Å². The molecular formula is C30H35ClFN5O2S. The first-order chi connectivity index (χ1) is 19.4. The van der Waals surface area contributed by atoms with Crippen molar-refractivity contribution in [2.45, 2.75) is 25.3 Å². The summed E-state index contributed by atoms with van der Waals surface area (Å²) in [7, 11) is 2.21. The van der Waals surface area contributed by atoms with Gasteiger partial charge in [0.1, 0.15) is 11.6 Å². The summed E-state index contributed by atoms with van der Waals surface area (Å²) in [5, 5.41) is 5.24. The Bertz CT molecular complexity index is 1370. The number of nitrogens with two attached hydrogens (primary N) is 2. The van der Waals surface area contributed by atoms with Crippen LogP contribution in [-0.2, 0) is 17.6 Å². The van der Waals surface area contributed by atoms with Crippen LogP contribution in [0.5, 0.6) is 5.75 Å². The quantitative estimate of drug-likeness (QED) is 0.0989. The van der Waals surface area contributed by atoms with Crippen LogP contribution in [0.4, 0.5) is 4.39 Å². The predicted octanol–water partition coefficient (Wildman–Crippen LogP) is 5.10. The number of rotatable bonds is 8. The van der Waals surface area contributed by atoms with Crippen LogP contribution >= 0.6 is 23.8 Å². The van der Waals surface area contributed by atoms with E-state index in [9.17, 15) is 9.18 Å². The molecule has 6 N–H and O–H groups in total. The molecule has 3 aromatic carbocycles. The number of aryl methyl sites for hydroxylation is 1. The molecule has 0 fully saturated rings. The van der Waals surface area contributed by atoms with Gasteiger partial charge in [-0.3, -0.25) is 9.69 Å². The van der Waals surface area contributed by atoms with Crippen molar-refractivity contribution >= 4 is 46.7 Å². The molecule has 0 saturated heterocycles. The van der Waals surface area contributed by atoms with Gasteiger partial charge in [-0.25, -0.2) is 4.39 Å². The van der Waals surface area contributed by atoms with Gasteiger partial charge in [-0.15, -0.1) is 0 Å². The van der Waals surface area contributed by atoms with Crippen molar-refractivity contribution in [3.63, 3.8) is 0 Å². The lowest BCUT2D eigenvalue weighted by molar-refractivity contribution is -0.120. The predicted molar refractivity (Wildman–Crippen MR) is 164 cm³/mol. The third-order valence-corrected chi connectivity index (χ3v) is 6.82. The molecule has 1 atom stereocenters. The van der Waals surface area contributed by atoms with E-state index in [-0.39, 0.29) is 11.9 Å². The summed E-state index contributed by atoms with van der Waals surface area (Å²) in [6, 6.07) is 20.7. The highest BCUT2D eigenvalue weighted by Gasteiger charge is 2.29. The third-order valence-electron chi connectivity index (χ3n) is 6.59. The molecule has 1 aliphatic heterocycles. The summed E-state index contributed by atoms with van der Waals surface area (Å²) < 4.78 is 16.6. The minimum Gasteiger partial charge on any atom is -0.429 e. The van der Waals surface area contributed by atoms with E-state index < -0.39 is 0 Å². The van der Waals surface area contributed by atoms with Crippen molar-refractivity contribution in [1.82, 2.24) is 15.2 Å². The number of halogens is 2. The highest BCUT2D eigenvalue weighted by atomic mass is 35.5. The number of likely N-dealkylation sites (N-methyl/N-ethyl adjacent to an activating group) is 1. The van der Waals surface area contributed by atoms with Crippen LogP contribution in [0.25, 0.3) is 10.9 Å². The van der Waals surface area contributed by atoms with E-state index in [4.69, 9.17) is 17.3 Å². The lowest BCUT2D eigenvalue weighted by Crippen LogP contribution is -2.32. The topological polar surface area (TPSA) is 109 Å². The van der Waals surface area contributed by atoms with Crippen molar-refractivity contribution in [2.24, 2.45) is 11.5 Å². The van der Waals surface area contributed by atoms with Crippen LogP contribution < -0.4 is 21.5 Å². The van der Waals surface area contributed by atoms with Gasteiger partial charge in [0, 0.05) is 34.8 Å². The van der Waals surface area contributed by atoms with Gasteiger partial charge in [0.25, 0.3) is 6.47 Å². The Kier molecular flexibility index (Phi) is 12.5. The number of aromatic nitrogens is 1. The second-order valence-corrected chi connectivity index (χ2v) is 9.90. The molecule has 1 unspecified atom stereocenters. The molecule has 1 aliphatic rings. The van der Waals surface area contributed by atoms with Gasteiger partial charge < -0.3 is 26.5 Å². The van der Waals surface area contributed by atoms with E-state index in [0.29, 0.717) is 18.9 Å². The summed E-state index contributed by atoms with van der Waals surface area (Å²) in [5.41, 5.74) is 17.7. The number of benzene rings is 3. The monoisotopic (exact) mass is 583 g/mol. The summed E-state index contributed by atoms with van der Waals surface area (Å²) in [6.45, 7) is 2.85. The zero-order chi connectivity index (χ0) is 28.9. The molecule has 0 saturated carbocycles. The van der Waals surface area contributed by atoms with E-state index in [2.05, 4.69) is 81.3 Å². The fraction of sp³-hybridized carbons (Fsp3) is 0.267. The lowest BCUT2D eigenvalue weighted by atomic mass is 9.92. The number of H-pyrrole nitrogens is 1. The van der Waals surface area contributed by atoms with Crippen LogP contribution in [-0.4, -0.2) is 48.7 Å². The number of carbonyl (C=O) groups is 1. The summed E-state index contributed by atoms with van der Waals surface area (Å²) in [5.74, 6) is -0.00495. The Hall–Kier alpha value is -3.34. The number of hydrogen-bond donors (Lipinski definition) is 4. The summed E-state index contributed by atoms with van der Waals surface area (Å²) >= 11 is 10.3. The largest absolute Gasteiger partial charge is 0.429 e. The van der Waals surface area contributed by atoms with Gasteiger partial charge in [0.15, 0.2) is 0 Å². The zero-order valence-corrected chi connectivity index (χ0v) is 24.0. The summed E-state index contributed by atoms with van der Waals surface area (Å²) in [4.78, 5) is 15.8. The second-order valence-electron chi connectivity index (χ2n) is 9.19. The molecule has 212 valence electrons. The zero-order valence-electron chi connectivity index (χ0n) is 22.4. The average Bonchev–Trinajstić information content (AvgIpc) is 3.31. The van der Waals surface area contributed by atoms with Crippen molar-refractivity contribution in [2.75, 3.05) is 26.8 Å². The van der Waals surface area contributed by atoms with Gasteiger partial charge in [-0.05, 0) is 92.0 Å². The fourth-order valence-electron chi connectivity index (χ4n) is 4.76. The Morgan fingerprint density at radius 2 is 1.88 bits per heavy atom. The molecule has 4 aromatic rings. The Morgan fingerprint density at radius 3 is 2.52 bits per heavy atom. The minimum absolute atomic E-state index is 0.257. The van der Waals surface area contributed by atoms with Crippen molar-refractivity contribution in [3.05, 3.63) is 100.0 Å². The number of nitrogens with zero attached hydrogens (tertiary/aromatic N) is 1. The third kappa shape index (κ3) is 8.58. The van der Waals surface area contributed by atoms with E-state index in [1.54, 1.807) is 0 Å². The maximum absolute atomic E-state index is 12.2. The number of ether oxygens (including phenoxy) is 1. The molecule has 40 heavy (non-hydrogen) atoms. The Labute approximate surface area is 244 Å². The van der Waals surface area contributed by atoms with Crippen LogP contribution in [0.2, 0.25) is 5.02 Å². The van der Waals surface area contributed by atoms with Crippen LogP contribution in [0.1, 0.15) is 34.8 Å². The molecule has 0 amide bonds. The highest BCUT2D eigenvalue weighted by Crippen LogP contribution is 2.38. The second kappa shape index (κ2) is 16.1. The standard InChI is InChI=1S/C22H27ClN4.C7H5FO2.CH3NS/c1-27-12-10-18-19-13-17(23)8-9-20(19)26-21(18)22(27)16-6-4-15(5-7-16)3-2-11-25-14-24;8-6-1-3-7(4-2-6)10-5-9;2-1-3/h4-9,13,22,25-26H,2-3,10-12,14,24H2,1H3;1-5H;1H,(H2,2,3). The average molecular weight is 584 g/mol. The molecule has 2 heterocycles.